The Morgan fingerprint density at radius 1 is 1.14 bits per heavy atom. The lowest BCUT2D eigenvalue weighted by Crippen LogP contribution is -3.14. The molecule has 1 aliphatic rings. The van der Waals surface area contributed by atoms with Crippen molar-refractivity contribution in [3.05, 3.63) is 71.3 Å². The van der Waals surface area contributed by atoms with Crippen molar-refractivity contribution in [3.8, 4) is 5.75 Å². The number of aryl methyl sites for hydroxylation is 1. The number of morpholine rings is 1. The molecular weight excluding hydrogens is 352 g/mol. The monoisotopic (exact) mass is 381 g/mol. The number of amides is 1. The number of rotatable bonds is 7. The zero-order chi connectivity index (χ0) is 19.8. The van der Waals surface area contributed by atoms with Crippen molar-refractivity contribution in [2.45, 2.75) is 13.0 Å². The van der Waals surface area contributed by atoms with Crippen LogP contribution in [0.2, 0.25) is 0 Å². The van der Waals surface area contributed by atoms with Crippen LogP contribution in [0.25, 0.3) is 6.08 Å². The van der Waals surface area contributed by atoms with Gasteiger partial charge in [0.1, 0.15) is 31.4 Å². The maximum atomic E-state index is 12.6. The summed E-state index contributed by atoms with van der Waals surface area (Å²) in [6, 6.07) is 16.0. The summed E-state index contributed by atoms with van der Waals surface area (Å²) in [5.74, 6) is 0.712. The van der Waals surface area contributed by atoms with Gasteiger partial charge in [0.2, 0.25) is 5.91 Å². The Labute approximate surface area is 167 Å². The van der Waals surface area contributed by atoms with Gasteiger partial charge in [0.25, 0.3) is 0 Å². The molecular formula is C23H29N2O3+. The molecule has 0 unspecified atom stereocenters. The third-order valence-corrected chi connectivity index (χ3v) is 5.03. The molecule has 28 heavy (non-hydrogen) atoms. The van der Waals surface area contributed by atoms with Gasteiger partial charge >= 0.3 is 0 Å². The number of nitrogens with one attached hydrogen (secondary N) is 2. The van der Waals surface area contributed by atoms with Crippen LogP contribution in [0.3, 0.4) is 0 Å². The normalized spacial score (nSPS) is 16.1. The Morgan fingerprint density at radius 3 is 2.46 bits per heavy atom. The van der Waals surface area contributed by atoms with Crippen LogP contribution >= 0.6 is 0 Å². The summed E-state index contributed by atoms with van der Waals surface area (Å²) in [7, 11) is 1.64. The van der Waals surface area contributed by atoms with E-state index in [1.54, 1.807) is 13.2 Å². The van der Waals surface area contributed by atoms with Crippen LogP contribution < -0.4 is 15.0 Å². The van der Waals surface area contributed by atoms with Crippen molar-refractivity contribution in [2.75, 3.05) is 40.0 Å². The number of quaternary nitrogens is 1. The molecule has 0 aliphatic carbocycles. The number of ether oxygens (including phenoxy) is 2. The molecule has 148 valence electrons. The number of hydrogen-bond acceptors (Lipinski definition) is 3. The van der Waals surface area contributed by atoms with E-state index in [0.717, 1.165) is 49.7 Å². The molecule has 5 nitrogen and oxygen atoms in total. The van der Waals surface area contributed by atoms with Crippen molar-refractivity contribution in [1.29, 1.82) is 0 Å². The Bertz CT molecular complexity index is 778. The summed E-state index contributed by atoms with van der Waals surface area (Å²) in [5.41, 5.74) is 3.31. The standard InChI is InChI=1S/C23H28N2O3/c1-18-3-8-20(9-4-18)22(17-25-13-15-28-16-14-25)24-23(26)12-7-19-5-10-21(27-2)11-6-19/h3-12,22H,13-17H2,1-2H3,(H,24,26)/p+1/b12-7+/t22-/m0/s1. The van der Waals surface area contributed by atoms with Crippen LogP contribution in [-0.2, 0) is 9.53 Å². The molecule has 0 aromatic heterocycles. The van der Waals surface area contributed by atoms with E-state index in [9.17, 15) is 4.79 Å². The van der Waals surface area contributed by atoms with Crippen LogP contribution in [0.15, 0.2) is 54.6 Å². The summed E-state index contributed by atoms with van der Waals surface area (Å²) < 4.78 is 10.6. The Hall–Kier alpha value is -2.63. The van der Waals surface area contributed by atoms with Gasteiger partial charge in [0.15, 0.2) is 0 Å². The van der Waals surface area contributed by atoms with Crippen molar-refractivity contribution in [1.82, 2.24) is 5.32 Å². The molecule has 1 amide bonds. The lowest BCUT2D eigenvalue weighted by Gasteiger charge is -2.28. The first-order chi connectivity index (χ1) is 13.6. The fourth-order valence-electron chi connectivity index (χ4n) is 3.31. The van der Waals surface area contributed by atoms with E-state index in [1.165, 1.54) is 10.5 Å². The van der Waals surface area contributed by atoms with Gasteiger partial charge in [-0.05, 0) is 36.3 Å². The first kappa shape index (κ1) is 20.1. The van der Waals surface area contributed by atoms with Crippen molar-refractivity contribution >= 4 is 12.0 Å². The molecule has 3 rings (SSSR count). The maximum absolute atomic E-state index is 12.6. The van der Waals surface area contributed by atoms with Crippen LogP contribution in [0, 0.1) is 6.92 Å². The van der Waals surface area contributed by atoms with Gasteiger partial charge in [-0.15, -0.1) is 0 Å². The number of benzene rings is 2. The molecule has 1 aliphatic heterocycles. The van der Waals surface area contributed by atoms with Crippen molar-refractivity contribution < 1.29 is 19.2 Å². The summed E-state index contributed by atoms with van der Waals surface area (Å²) in [4.78, 5) is 14.0. The molecule has 5 heteroatoms. The van der Waals surface area contributed by atoms with Gasteiger partial charge < -0.3 is 19.7 Å². The number of carbonyl (C=O) groups is 1. The first-order valence-electron chi connectivity index (χ1n) is 9.74. The van der Waals surface area contributed by atoms with E-state index >= 15 is 0 Å². The van der Waals surface area contributed by atoms with E-state index < -0.39 is 0 Å². The van der Waals surface area contributed by atoms with Gasteiger partial charge in [0, 0.05) is 6.08 Å². The average Bonchev–Trinajstić information content (AvgIpc) is 2.73. The predicted octanol–water partition coefficient (Wildman–Crippen LogP) is 1.79. The zero-order valence-electron chi connectivity index (χ0n) is 16.6. The van der Waals surface area contributed by atoms with E-state index in [-0.39, 0.29) is 11.9 Å². The number of carbonyl (C=O) groups excluding carboxylic acids is 1. The van der Waals surface area contributed by atoms with Crippen molar-refractivity contribution in [3.63, 3.8) is 0 Å². The highest BCUT2D eigenvalue weighted by Gasteiger charge is 2.22. The predicted molar refractivity (Wildman–Crippen MR) is 110 cm³/mol. The highest BCUT2D eigenvalue weighted by atomic mass is 16.5. The lowest BCUT2D eigenvalue weighted by atomic mass is 10.0. The molecule has 1 heterocycles. The third kappa shape index (κ3) is 5.94. The fraction of sp³-hybridized carbons (Fsp3) is 0.348. The molecule has 1 fully saturated rings. The van der Waals surface area contributed by atoms with Crippen molar-refractivity contribution in [2.24, 2.45) is 0 Å². The number of methoxy groups -OCH3 is 1. The molecule has 1 atom stereocenters. The van der Waals surface area contributed by atoms with Gasteiger partial charge in [-0.1, -0.05) is 42.0 Å². The largest absolute Gasteiger partial charge is 0.497 e. The second-order valence-corrected chi connectivity index (χ2v) is 7.14. The summed E-state index contributed by atoms with van der Waals surface area (Å²) in [5, 5.41) is 3.18. The highest BCUT2D eigenvalue weighted by Crippen LogP contribution is 2.14. The van der Waals surface area contributed by atoms with E-state index in [2.05, 4.69) is 36.5 Å². The minimum absolute atomic E-state index is 0.0262. The molecule has 2 aromatic rings. The van der Waals surface area contributed by atoms with Crippen LogP contribution in [0.5, 0.6) is 5.75 Å². The summed E-state index contributed by atoms with van der Waals surface area (Å²) >= 11 is 0. The van der Waals surface area contributed by atoms with Crippen LogP contribution in [0.4, 0.5) is 0 Å². The lowest BCUT2D eigenvalue weighted by molar-refractivity contribution is -0.909. The van der Waals surface area contributed by atoms with Gasteiger partial charge in [-0.25, -0.2) is 0 Å². The second-order valence-electron chi connectivity index (χ2n) is 7.14. The smallest absolute Gasteiger partial charge is 0.244 e. The minimum Gasteiger partial charge on any atom is -0.497 e. The SMILES string of the molecule is COc1ccc(/C=C/C(=O)N[C@@H](C[NH+]2CCOCC2)c2ccc(C)cc2)cc1. The average molecular weight is 381 g/mol. The maximum Gasteiger partial charge on any atom is 0.244 e. The van der Waals surface area contributed by atoms with E-state index in [0.29, 0.717) is 0 Å². The molecule has 2 aromatic carbocycles. The first-order valence-corrected chi connectivity index (χ1v) is 9.74. The molecule has 1 saturated heterocycles. The van der Waals surface area contributed by atoms with E-state index in [1.807, 2.05) is 30.3 Å². The van der Waals surface area contributed by atoms with Gasteiger partial charge in [-0.3, -0.25) is 4.79 Å². The minimum atomic E-state index is -0.0888. The van der Waals surface area contributed by atoms with Crippen LogP contribution in [0.1, 0.15) is 22.7 Å². The van der Waals surface area contributed by atoms with E-state index in [4.69, 9.17) is 9.47 Å². The Kier molecular flexibility index (Phi) is 7.23. The molecule has 0 saturated carbocycles. The quantitative estimate of drug-likeness (QED) is 0.719. The molecule has 0 spiro atoms. The van der Waals surface area contributed by atoms with Crippen LogP contribution in [-0.4, -0.2) is 45.9 Å². The molecule has 0 radical (unpaired) electrons. The Balaban J connectivity index is 1.67. The second kappa shape index (κ2) is 10.1. The summed E-state index contributed by atoms with van der Waals surface area (Å²) in [6.07, 6.45) is 3.42. The van der Waals surface area contributed by atoms with Gasteiger partial charge in [0.05, 0.1) is 20.3 Å². The molecule has 2 N–H and O–H groups in total. The zero-order valence-corrected chi connectivity index (χ0v) is 16.6. The Morgan fingerprint density at radius 2 is 1.82 bits per heavy atom. The molecule has 0 bridgehead atoms. The number of hydrogen-bond donors (Lipinski definition) is 2. The van der Waals surface area contributed by atoms with Gasteiger partial charge in [-0.2, -0.15) is 0 Å². The fourth-order valence-corrected chi connectivity index (χ4v) is 3.31. The third-order valence-electron chi connectivity index (χ3n) is 5.03. The topological polar surface area (TPSA) is 52.0 Å². The highest BCUT2D eigenvalue weighted by molar-refractivity contribution is 5.92. The summed E-state index contributed by atoms with van der Waals surface area (Å²) in [6.45, 7) is 6.43.